The van der Waals surface area contributed by atoms with Crippen LogP contribution < -0.4 is 15.6 Å². The van der Waals surface area contributed by atoms with E-state index < -0.39 is 0 Å². The van der Waals surface area contributed by atoms with Crippen LogP contribution in [0.25, 0.3) is 10.9 Å². The van der Waals surface area contributed by atoms with Crippen molar-refractivity contribution in [2.45, 2.75) is 33.6 Å². The number of amides is 1. The summed E-state index contributed by atoms with van der Waals surface area (Å²) in [5, 5.41) is 3.95. The van der Waals surface area contributed by atoms with Crippen molar-refractivity contribution in [3.05, 3.63) is 75.1 Å². The molecule has 0 saturated carbocycles. The van der Waals surface area contributed by atoms with Crippen molar-refractivity contribution in [1.29, 1.82) is 0 Å². The van der Waals surface area contributed by atoms with Crippen molar-refractivity contribution in [1.82, 2.24) is 10.3 Å². The number of carbonyl (C=O) groups excluding carboxylic acids is 1. The van der Waals surface area contributed by atoms with E-state index in [0.717, 1.165) is 33.3 Å². The Balaban J connectivity index is 1.60. The minimum Gasteiger partial charge on any atom is -0.494 e. The van der Waals surface area contributed by atoms with Gasteiger partial charge in [0, 0.05) is 17.5 Å². The van der Waals surface area contributed by atoms with Gasteiger partial charge < -0.3 is 15.0 Å². The molecule has 0 radical (unpaired) electrons. The maximum atomic E-state index is 12.4. The standard InChI is InChI=1S/C23H26N2O3/c1-4-28-19-9-7-17(8-10-19)13-21(26)24-12-11-18-14-20-15(2)5-6-16(3)22(20)25-23(18)27/h5-10,14H,4,11-13H2,1-3H3,(H,24,26)(H,25,27). The Labute approximate surface area is 164 Å². The summed E-state index contributed by atoms with van der Waals surface area (Å²) in [4.78, 5) is 27.5. The average Bonchev–Trinajstić information content (AvgIpc) is 2.67. The van der Waals surface area contributed by atoms with Crippen molar-refractivity contribution >= 4 is 16.8 Å². The molecule has 2 aromatic carbocycles. The fraction of sp³-hybridized carbons (Fsp3) is 0.304. The van der Waals surface area contributed by atoms with Crippen molar-refractivity contribution in [2.24, 2.45) is 0 Å². The van der Waals surface area contributed by atoms with E-state index in [2.05, 4.69) is 16.4 Å². The first-order valence-corrected chi connectivity index (χ1v) is 9.58. The number of carbonyl (C=O) groups is 1. The van der Waals surface area contributed by atoms with Gasteiger partial charge >= 0.3 is 0 Å². The van der Waals surface area contributed by atoms with Gasteiger partial charge in [0.25, 0.3) is 5.56 Å². The molecular formula is C23H26N2O3. The lowest BCUT2D eigenvalue weighted by Crippen LogP contribution is -2.28. The zero-order chi connectivity index (χ0) is 20.1. The molecule has 0 atom stereocenters. The minimum absolute atomic E-state index is 0.0617. The number of aromatic nitrogens is 1. The zero-order valence-electron chi connectivity index (χ0n) is 16.6. The van der Waals surface area contributed by atoms with Crippen LogP contribution in [0.4, 0.5) is 0 Å². The van der Waals surface area contributed by atoms with Crippen LogP contribution in [0.1, 0.15) is 29.2 Å². The molecule has 0 saturated heterocycles. The highest BCUT2D eigenvalue weighted by Gasteiger charge is 2.08. The summed E-state index contributed by atoms with van der Waals surface area (Å²) >= 11 is 0. The van der Waals surface area contributed by atoms with Gasteiger partial charge in [0.05, 0.1) is 18.5 Å². The van der Waals surface area contributed by atoms with Gasteiger partial charge in [-0.25, -0.2) is 0 Å². The number of aromatic amines is 1. The molecule has 146 valence electrons. The number of pyridine rings is 1. The fourth-order valence-electron chi connectivity index (χ4n) is 3.26. The maximum absolute atomic E-state index is 12.4. The van der Waals surface area contributed by atoms with E-state index in [-0.39, 0.29) is 11.5 Å². The first-order valence-electron chi connectivity index (χ1n) is 9.58. The Morgan fingerprint density at radius 2 is 1.79 bits per heavy atom. The number of aryl methyl sites for hydroxylation is 2. The molecule has 1 aromatic heterocycles. The summed E-state index contributed by atoms with van der Waals surface area (Å²) in [6.07, 6.45) is 0.798. The molecule has 0 fully saturated rings. The molecule has 0 aliphatic heterocycles. The van der Waals surface area contributed by atoms with Crippen LogP contribution in [-0.2, 0) is 17.6 Å². The average molecular weight is 378 g/mol. The van der Waals surface area contributed by atoms with E-state index in [0.29, 0.717) is 31.6 Å². The number of ether oxygens (including phenoxy) is 1. The molecular weight excluding hydrogens is 352 g/mol. The Bertz CT molecular complexity index is 1040. The topological polar surface area (TPSA) is 71.2 Å². The highest BCUT2D eigenvalue weighted by molar-refractivity contribution is 5.85. The number of nitrogens with one attached hydrogen (secondary N) is 2. The summed E-state index contributed by atoms with van der Waals surface area (Å²) < 4.78 is 5.40. The second-order valence-electron chi connectivity index (χ2n) is 6.97. The number of benzene rings is 2. The second-order valence-corrected chi connectivity index (χ2v) is 6.97. The number of fused-ring (bicyclic) bond motifs is 1. The predicted octanol–water partition coefficient (Wildman–Crippen LogP) is 3.45. The lowest BCUT2D eigenvalue weighted by atomic mass is 10.0. The van der Waals surface area contributed by atoms with Crippen LogP contribution in [0.2, 0.25) is 0 Å². The SMILES string of the molecule is CCOc1ccc(CC(=O)NCCc2cc3c(C)ccc(C)c3[nH]c2=O)cc1. The van der Waals surface area contributed by atoms with Crippen LogP contribution >= 0.6 is 0 Å². The van der Waals surface area contributed by atoms with Gasteiger partial charge in [-0.2, -0.15) is 0 Å². The second kappa shape index (κ2) is 8.74. The molecule has 0 aliphatic carbocycles. The molecule has 0 bridgehead atoms. The van der Waals surface area contributed by atoms with Crippen molar-refractivity contribution in [2.75, 3.05) is 13.2 Å². The van der Waals surface area contributed by atoms with Gasteiger partial charge in [0.1, 0.15) is 5.75 Å². The molecule has 5 nitrogen and oxygen atoms in total. The van der Waals surface area contributed by atoms with Crippen molar-refractivity contribution < 1.29 is 9.53 Å². The van der Waals surface area contributed by atoms with Gasteiger partial charge in [-0.3, -0.25) is 9.59 Å². The summed E-state index contributed by atoms with van der Waals surface area (Å²) in [5.74, 6) is 0.737. The molecule has 0 unspecified atom stereocenters. The van der Waals surface area contributed by atoms with E-state index in [9.17, 15) is 9.59 Å². The van der Waals surface area contributed by atoms with Crippen molar-refractivity contribution in [3.8, 4) is 5.75 Å². The molecule has 3 aromatic rings. The quantitative estimate of drug-likeness (QED) is 0.662. The molecule has 28 heavy (non-hydrogen) atoms. The summed E-state index contributed by atoms with van der Waals surface area (Å²) in [5.41, 5.74) is 4.57. The molecule has 1 heterocycles. The first kappa shape index (κ1) is 19.7. The minimum atomic E-state index is -0.0954. The van der Waals surface area contributed by atoms with Crippen LogP contribution in [0.5, 0.6) is 5.75 Å². The fourth-order valence-corrected chi connectivity index (χ4v) is 3.26. The first-order chi connectivity index (χ1) is 13.5. The monoisotopic (exact) mass is 378 g/mol. The van der Waals surface area contributed by atoms with Crippen LogP contribution in [0, 0.1) is 13.8 Å². The Kier molecular flexibility index (Phi) is 6.14. The predicted molar refractivity (Wildman–Crippen MR) is 112 cm³/mol. The smallest absolute Gasteiger partial charge is 0.251 e. The van der Waals surface area contributed by atoms with E-state index in [1.165, 1.54) is 0 Å². The summed E-state index contributed by atoms with van der Waals surface area (Å²) in [6, 6.07) is 13.5. The lowest BCUT2D eigenvalue weighted by molar-refractivity contribution is -0.120. The van der Waals surface area contributed by atoms with E-state index >= 15 is 0 Å². The van der Waals surface area contributed by atoms with Gasteiger partial charge in [0.2, 0.25) is 5.91 Å². The van der Waals surface area contributed by atoms with Crippen LogP contribution in [-0.4, -0.2) is 24.0 Å². The van der Waals surface area contributed by atoms with E-state index in [1.807, 2.05) is 57.2 Å². The Morgan fingerprint density at radius 3 is 2.50 bits per heavy atom. The van der Waals surface area contributed by atoms with E-state index in [1.54, 1.807) is 0 Å². The third kappa shape index (κ3) is 4.60. The molecule has 1 amide bonds. The van der Waals surface area contributed by atoms with Crippen molar-refractivity contribution in [3.63, 3.8) is 0 Å². The van der Waals surface area contributed by atoms with Gasteiger partial charge in [0.15, 0.2) is 0 Å². The molecule has 0 aliphatic rings. The Hall–Kier alpha value is -3.08. The normalized spacial score (nSPS) is 10.8. The zero-order valence-corrected chi connectivity index (χ0v) is 16.6. The maximum Gasteiger partial charge on any atom is 0.251 e. The van der Waals surface area contributed by atoms with Gasteiger partial charge in [-0.15, -0.1) is 0 Å². The largest absolute Gasteiger partial charge is 0.494 e. The van der Waals surface area contributed by atoms with Gasteiger partial charge in [-0.1, -0.05) is 24.3 Å². The molecule has 5 heteroatoms. The highest BCUT2D eigenvalue weighted by atomic mass is 16.5. The lowest BCUT2D eigenvalue weighted by Gasteiger charge is -2.09. The van der Waals surface area contributed by atoms with Gasteiger partial charge in [-0.05, 0) is 62.1 Å². The van der Waals surface area contributed by atoms with Crippen LogP contribution in [0.15, 0.2) is 47.3 Å². The number of hydrogen-bond donors (Lipinski definition) is 2. The number of hydrogen-bond acceptors (Lipinski definition) is 3. The summed E-state index contributed by atoms with van der Waals surface area (Å²) in [6.45, 7) is 6.99. The highest BCUT2D eigenvalue weighted by Crippen LogP contribution is 2.19. The Morgan fingerprint density at radius 1 is 1.07 bits per heavy atom. The third-order valence-corrected chi connectivity index (χ3v) is 4.84. The third-order valence-electron chi connectivity index (χ3n) is 4.84. The molecule has 2 N–H and O–H groups in total. The number of H-pyrrole nitrogens is 1. The summed E-state index contributed by atoms with van der Waals surface area (Å²) in [7, 11) is 0. The van der Waals surface area contributed by atoms with Crippen LogP contribution in [0.3, 0.4) is 0 Å². The molecule has 3 rings (SSSR count). The van der Waals surface area contributed by atoms with E-state index in [4.69, 9.17) is 4.74 Å². The number of rotatable bonds is 7. The molecule has 0 spiro atoms.